The van der Waals surface area contributed by atoms with Crippen LogP contribution in [0.5, 0.6) is 0 Å². The second kappa shape index (κ2) is 6.02. The van der Waals surface area contributed by atoms with E-state index < -0.39 is 0 Å². The lowest BCUT2D eigenvalue weighted by molar-refractivity contribution is 0.0986. The van der Waals surface area contributed by atoms with Gasteiger partial charge in [0.25, 0.3) is 0 Å². The lowest BCUT2D eigenvalue weighted by atomic mass is 10.1. The Kier molecular flexibility index (Phi) is 4.39. The zero-order valence-electron chi connectivity index (χ0n) is 9.68. The molecule has 0 spiro atoms. The Morgan fingerprint density at radius 3 is 3.00 bits per heavy atom. The Morgan fingerprint density at radius 1 is 1.41 bits per heavy atom. The minimum Gasteiger partial charge on any atom is -0.293 e. The fraction of sp³-hybridized carbons (Fsp3) is 0.417. The third-order valence-corrected chi connectivity index (χ3v) is 4.22. The molecule has 3 nitrogen and oxygen atoms in total. The van der Waals surface area contributed by atoms with Crippen LogP contribution >= 0.6 is 22.9 Å². The maximum absolute atomic E-state index is 12.0. The van der Waals surface area contributed by atoms with Gasteiger partial charge in [-0.05, 0) is 35.8 Å². The number of hydrogen-bond acceptors (Lipinski definition) is 5. The van der Waals surface area contributed by atoms with Gasteiger partial charge in [0.15, 0.2) is 5.78 Å². The van der Waals surface area contributed by atoms with Gasteiger partial charge in [0, 0.05) is 11.3 Å². The molecule has 0 aliphatic rings. The predicted molar refractivity (Wildman–Crippen MR) is 70.9 cm³/mol. The van der Waals surface area contributed by atoms with Crippen molar-refractivity contribution in [3.05, 3.63) is 33.0 Å². The average molecular weight is 266 g/mol. The number of aromatic nitrogens is 2. The van der Waals surface area contributed by atoms with Crippen LogP contribution in [0.15, 0.2) is 17.5 Å². The highest BCUT2D eigenvalue weighted by molar-refractivity contribution is 7.10. The number of rotatable bonds is 6. The molecular formula is C12H14N2OS2. The van der Waals surface area contributed by atoms with E-state index in [1.807, 2.05) is 11.4 Å². The summed E-state index contributed by atoms with van der Waals surface area (Å²) < 4.78 is 3.88. The lowest BCUT2D eigenvalue weighted by Crippen LogP contribution is -2.02. The van der Waals surface area contributed by atoms with E-state index in [0.29, 0.717) is 6.42 Å². The molecule has 2 rings (SSSR count). The summed E-state index contributed by atoms with van der Waals surface area (Å²) in [6, 6.07) is 4.08. The first kappa shape index (κ1) is 12.4. The first-order valence-electron chi connectivity index (χ1n) is 5.68. The van der Waals surface area contributed by atoms with Crippen LogP contribution in [0.1, 0.15) is 40.0 Å². The van der Waals surface area contributed by atoms with Gasteiger partial charge >= 0.3 is 0 Å². The van der Waals surface area contributed by atoms with Crippen molar-refractivity contribution in [3.8, 4) is 0 Å². The smallest absolute Gasteiger partial charge is 0.176 e. The molecule has 17 heavy (non-hydrogen) atoms. The molecule has 0 aromatic carbocycles. The van der Waals surface area contributed by atoms with Gasteiger partial charge in [0.05, 0.1) is 5.69 Å². The number of nitrogens with zero attached hydrogens (tertiary/aromatic N) is 2. The lowest BCUT2D eigenvalue weighted by Gasteiger charge is -1.98. The Balaban J connectivity index is 1.97. The van der Waals surface area contributed by atoms with Gasteiger partial charge in [0.1, 0.15) is 4.88 Å². The quantitative estimate of drug-likeness (QED) is 0.753. The normalized spacial score (nSPS) is 10.6. The zero-order valence-corrected chi connectivity index (χ0v) is 11.3. The van der Waals surface area contributed by atoms with Crippen molar-refractivity contribution < 1.29 is 4.79 Å². The molecule has 0 unspecified atom stereocenters. The summed E-state index contributed by atoms with van der Waals surface area (Å²) in [7, 11) is 0. The van der Waals surface area contributed by atoms with E-state index >= 15 is 0 Å². The molecule has 0 bridgehead atoms. The highest BCUT2D eigenvalue weighted by Crippen LogP contribution is 2.18. The number of carbonyl (C=O) groups is 1. The maximum Gasteiger partial charge on any atom is 0.176 e. The van der Waals surface area contributed by atoms with E-state index in [4.69, 9.17) is 0 Å². The molecular weight excluding hydrogens is 252 g/mol. The van der Waals surface area contributed by atoms with Crippen molar-refractivity contribution >= 4 is 28.7 Å². The van der Waals surface area contributed by atoms with E-state index in [0.717, 1.165) is 29.8 Å². The van der Waals surface area contributed by atoms with Gasteiger partial charge in [0.2, 0.25) is 0 Å². The fourth-order valence-electron chi connectivity index (χ4n) is 1.63. The van der Waals surface area contributed by atoms with E-state index in [9.17, 15) is 4.79 Å². The molecule has 0 saturated heterocycles. The molecule has 0 atom stereocenters. The van der Waals surface area contributed by atoms with Gasteiger partial charge in [-0.1, -0.05) is 23.9 Å². The number of aryl methyl sites for hydroxylation is 2. The van der Waals surface area contributed by atoms with Crippen molar-refractivity contribution in [3.63, 3.8) is 0 Å². The largest absolute Gasteiger partial charge is 0.293 e. The van der Waals surface area contributed by atoms with Crippen molar-refractivity contribution in [1.29, 1.82) is 0 Å². The number of ketones is 1. The van der Waals surface area contributed by atoms with Crippen LogP contribution in [0, 0.1) is 0 Å². The van der Waals surface area contributed by atoms with Crippen molar-refractivity contribution in [2.75, 3.05) is 0 Å². The van der Waals surface area contributed by atoms with E-state index in [1.165, 1.54) is 16.4 Å². The van der Waals surface area contributed by atoms with Gasteiger partial charge in [-0.15, -0.1) is 16.4 Å². The highest BCUT2D eigenvalue weighted by atomic mass is 32.1. The number of Topliss-reactive ketones (excluding diaryl/α,β-unsaturated/α-hetero) is 1. The summed E-state index contributed by atoms with van der Waals surface area (Å²) >= 11 is 2.92. The molecule has 0 saturated carbocycles. The molecule has 90 valence electrons. The molecule has 5 heteroatoms. The molecule has 0 aliphatic heterocycles. The van der Waals surface area contributed by atoms with Gasteiger partial charge < -0.3 is 0 Å². The van der Waals surface area contributed by atoms with Crippen molar-refractivity contribution in [1.82, 2.24) is 9.59 Å². The number of thiophene rings is 1. The van der Waals surface area contributed by atoms with Crippen molar-refractivity contribution in [2.24, 2.45) is 0 Å². The molecule has 0 radical (unpaired) electrons. The summed E-state index contributed by atoms with van der Waals surface area (Å²) in [5.74, 6) is 0.178. The summed E-state index contributed by atoms with van der Waals surface area (Å²) in [4.78, 5) is 14.0. The van der Waals surface area contributed by atoms with Gasteiger partial charge in [-0.3, -0.25) is 4.79 Å². The first-order chi connectivity index (χ1) is 8.31. The monoisotopic (exact) mass is 266 g/mol. The third kappa shape index (κ3) is 3.20. The zero-order chi connectivity index (χ0) is 12.1. The van der Waals surface area contributed by atoms with Crippen LogP contribution in [0.3, 0.4) is 0 Å². The minimum absolute atomic E-state index is 0.178. The molecule has 2 heterocycles. The van der Waals surface area contributed by atoms with E-state index in [1.54, 1.807) is 11.3 Å². The molecule has 2 aromatic rings. The maximum atomic E-state index is 12.0. The fourth-order valence-corrected chi connectivity index (χ4v) is 3.01. The molecule has 0 amide bonds. The molecule has 0 aliphatic carbocycles. The molecule has 0 N–H and O–H groups in total. The Labute approximate surface area is 109 Å². The number of hydrogen-bond donors (Lipinski definition) is 0. The first-order valence-corrected chi connectivity index (χ1v) is 7.33. The Morgan fingerprint density at radius 2 is 2.29 bits per heavy atom. The summed E-state index contributed by atoms with van der Waals surface area (Å²) in [5, 5.41) is 6.06. The average Bonchev–Trinajstić information content (AvgIpc) is 2.97. The molecule has 2 aromatic heterocycles. The third-order valence-electron chi connectivity index (χ3n) is 2.47. The van der Waals surface area contributed by atoms with Crippen LogP contribution in [-0.2, 0) is 12.8 Å². The summed E-state index contributed by atoms with van der Waals surface area (Å²) in [6.07, 6.45) is 3.22. The SMILES string of the molecule is CCCc1nnsc1C(=O)CCc1cccs1. The predicted octanol–water partition coefficient (Wildman–Crippen LogP) is 3.37. The Bertz CT molecular complexity index is 476. The van der Waals surface area contributed by atoms with Gasteiger partial charge in [-0.2, -0.15) is 0 Å². The minimum atomic E-state index is 0.178. The van der Waals surface area contributed by atoms with Crippen LogP contribution in [-0.4, -0.2) is 15.4 Å². The van der Waals surface area contributed by atoms with Crippen LogP contribution < -0.4 is 0 Å². The van der Waals surface area contributed by atoms with Crippen LogP contribution in [0.4, 0.5) is 0 Å². The van der Waals surface area contributed by atoms with E-state index in [-0.39, 0.29) is 5.78 Å². The van der Waals surface area contributed by atoms with Crippen LogP contribution in [0.2, 0.25) is 0 Å². The van der Waals surface area contributed by atoms with Crippen LogP contribution in [0.25, 0.3) is 0 Å². The molecule has 0 fully saturated rings. The number of carbonyl (C=O) groups excluding carboxylic acids is 1. The van der Waals surface area contributed by atoms with Gasteiger partial charge in [-0.25, -0.2) is 0 Å². The standard InChI is InChI=1S/C12H14N2OS2/c1-2-4-10-12(17-14-13-10)11(15)7-6-9-5-3-8-16-9/h3,5,8H,2,4,6-7H2,1H3. The summed E-state index contributed by atoms with van der Waals surface area (Å²) in [5.41, 5.74) is 0.869. The second-order valence-corrected chi connectivity index (χ2v) is 5.59. The van der Waals surface area contributed by atoms with Crippen molar-refractivity contribution in [2.45, 2.75) is 32.6 Å². The summed E-state index contributed by atoms with van der Waals surface area (Å²) in [6.45, 7) is 2.08. The van der Waals surface area contributed by atoms with E-state index in [2.05, 4.69) is 22.6 Å². The topological polar surface area (TPSA) is 42.9 Å². The Hall–Kier alpha value is -1.07. The highest BCUT2D eigenvalue weighted by Gasteiger charge is 2.15. The second-order valence-electron chi connectivity index (χ2n) is 3.80.